The van der Waals surface area contributed by atoms with Gasteiger partial charge in [-0.2, -0.15) is 0 Å². The maximum atomic E-state index is 13.2. The van der Waals surface area contributed by atoms with Crippen molar-refractivity contribution in [2.24, 2.45) is 5.92 Å². The van der Waals surface area contributed by atoms with Gasteiger partial charge in [0, 0.05) is 30.1 Å². The number of nitrogens with zero attached hydrogens (tertiary/aromatic N) is 1. The third-order valence-corrected chi connectivity index (χ3v) is 9.57. The van der Waals surface area contributed by atoms with Gasteiger partial charge in [-0.3, -0.25) is 14.5 Å². The van der Waals surface area contributed by atoms with Crippen LogP contribution in [0.2, 0.25) is 0 Å². The minimum Gasteiger partial charge on any atom is -0.459 e. The molecule has 4 aromatic carbocycles. The summed E-state index contributed by atoms with van der Waals surface area (Å²) in [4.78, 5) is 28.1. The van der Waals surface area contributed by atoms with E-state index in [2.05, 4.69) is 35.3 Å². The fourth-order valence-electron chi connectivity index (χ4n) is 6.88. The summed E-state index contributed by atoms with van der Waals surface area (Å²) in [6.45, 7) is 9.61. The smallest absolute Gasteiger partial charge is 0.323 e. The van der Waals surface area contributed by atoms with Crippen LogP contribution in [0.25, 0.3) is 11.1 Å². The number of ether oxygens (including phenoxy) is 3. The summed E-state index contributed by atoms with van der Waals surface area (Å²) in [6, 6.07) is 33.1. The molecule has 0 aromatic heterocycles. The van der Waals surface area contributed by atoms with Crippen molar-refractivity contribution >= 4 is 11.9 Å². The zero-order valence-corrected chi connectivity index (χ0v) is 29.4. The molecule has 0 aliphatic carbocycles. The van der Waals surface area contributed by atoms with Crippen molar-refractivity contribution in [1.82, 2.24) is 10.2 Å². The van der Waals surface area contributed by atoms with Crippen LogP contribution in [0.1, 0.15) is 85.5 Å². The molecule has 0 unspecified atom stereocenters. The molecule has 50 heavy (non-hydrogen) atoms. The summed E-state index contributed by atoms with van der Waals surface area (Å²) in [7, 11) is 0. The summed E-state index contributed by atoms with van der Waals surface area (Å²) in [5.74, 6) is -0.306. The van der Waals surface area contributed by atoms with E-state index in [0.717, 1.165) is 52.8 Å². The number of hydrogen-bond acceptors (Lipinski definition) is 7. The molecule has 6 rings (SSSR count). The van der Waals surface area contributed by atoms with E-state index >= 15 is 0 Å². The van der Waals surface area contributed by atoms with E-state index in [4.69, 9.17) is 14.2 Å². The molecule has 0 spiro atoms. The molecule has 0 bridgehead atoms. The molecular weight excluding hydrogens is 628 g/mol. The zero-order valence-electron chi connectivity index (χ0n) is 29.4. The highest BCUT2D eigenvalue weighted by Crippen LogP contribution is 2.43. The van der Waals surface area contributed by atoms with Gasteiger partial charge in [-0.15, -0.1) is 0 Å². The number of benzene rings is 4. The molecule has 4 aromatic rings. The highest BCUT2D eigenvalue weighted by molar-refractivity contribution is 5.94. The maximum absolute atomic E-state index is 13.2. The second-order valence-electron chi connectivity index (χ2n) is 14.3. The van der Waals surface area contributed by atoms with Gasteiger partial charge >= 0.3 is 5.97 Å². The Morgan fingerprint density at radius 2 is 1.56 bits per heavy atom. The van der Waals surface area contributed by atoms with Crippen LogP contribution >= 0.6 is 0 Å². The molecular formula is C42H48N2O6. The number of likely N-dealkylation sites (tertiary alicyclic amines) is 1. The van der Waals surface area contributed by atoms with Crippen LogP contribution in [0, 0.1) is 5.92 Å². The third kappa shape index (κ3) is 8.50. The Labute approximate surface area is 295 Å². The van der Waals surface area contributed by atoms with Crippen LogP contribution in [-0.4, -0.2) is 52.7 Å². The minimum absolute atomic E-state index is 0.0108. The SMILES string of the molecule is C[C@@H]1[C@H](CN2CCC[C@H]2C(=O)OC(C)(C)C)O[C@H](c2ccc(-c3ccccc3CNC(=O)c3ccccc3)cc2)O[C@@H]1c1ccc(CO)cc1. The van der Waals surface area contributed by atoms with Gasteiger partial charge in [0.15, 0.2) is 6.29 Å². The molecule has 8 heteroatoms. The Balaban J connectivity index is 1.22. The van der Waals surface area contributed by atoms with Crippen LogP contribution in [0.15, 0.2) is 103 Å². The van der Waals surface area contributed by atoms with Crippen LogP contribution in [0.4, 0.5) is 0 Å². The second kappa shape index (κ2) is 15.7. The number of amides is 1. The largest absolute Gasteiger partial charge is 0.459 e. The summed E-state index contributed by atoms with van der Waals surface area (Å²) >= 11 is 0. The first kappa shape index (κ1) is 35.5. The van der Waals surface area contributed by atoms with Gasteiger partial charge in [0.05, 0.1) is 18.8 Å². The molecule has 2 fully saturated rings. The lowest BCUT2D eigenvalue weighted by Crippen LogP contribution is -2.48. The monoisotopic (exact) mass is 676 g/mol. The van der Waals surface area contributed by atoms with Crippen LogP contribution < -0.4 is 5.32 Å². The Hall–Kier alpha value is -4.34. The average molecular weight is 677 g/mol. The van der Waals surface area contributed by atoms with Gasteiger partial charge < -0.3 is 24.6 Å². The van der Waals surface area contributed by atoms with E-state index in [-0.39, 0.29) is 42.7 Å². The van der Waals surface area contributed by atoms with Gasteiger partial charge in [-0.25, -0.2) is 0 Å². The first-order valence-electron chi connectivity index (χ1n) is 17.6. The number of aliphatic hydroxyl groups excluding tert-OH is 1. The van der Waals surface area contributed by atoms with Gasteiger partial charge in [0.25, 0.3) is 5.91 Å². The highest BCUT2D eigenvalue weighted by Gasteiger charge is 2.42. The van der Waals surface area contributed by atoms with Crippen molar-refractivity contribution in [3.05, 3.63) is 131 Å². The molecule has 2 aliphatic rings. The first-order chi connectivity index (χ1) is 24.1. The quantitative estimate of drug-likeness (QED) is 0.169. The second-order valence-corrected chi connectivity index (χ2v) is 14.3. The van der Waals surface area contributed by atoms with Gasteiger partial charge in [0.2, 0.25) is 0 Å². The lowest BCUT2D eigenvalue weighted by Gasteiger charge is -2.43. The van der Waals surface area contributed by atoms with E-state index in [0.29, 0.717) is 18.7 Å². The first-order valence-corrected chi connectivity index (χ1v) is 17.6. The lowest BCUT2D eigenvalue weighted by atomic mass is 9.89. The predicted molar refractivity (Wildman–Crippen MR) is 193 cm³/mol. The van der Waals surface area contributed by atoms with E-state index in [1.807, 2.05) is 93.6 Å². The maximum Gasteiger partial charge on any atom is 0.323 e. The number of esters is 1. The molecule has 2 N–H and O–H groups in total. The van der Waals surface area contributed by atoms with E-state index in [1.165, 1.54) is 0 Å². The highest BCUT2D eigenvalue weighted by atomic mass is 16.7. The van der Waals surface area contributed by atoms with Crippen LogP contribution in [-0.2, 0) is 32.2 Å². The number of hydrogen-bond donors (Lipinski definition) is 2. The summed E-state index contributed by atoms with van der Waals surface area (Å²) < 4.78 is 19.2. The number of carbonyl (C=O) groups excluding carboxylic acids is 2. The minimum atomic E-state index is -0.629. The van der Waals surface area contributed by atoms with Gasteiger partial charge in [-0.05, 0) is 80.1 Å². The van der Waals surface area contributed by atoms with Crippen molar-refractivity contribution < 1.29 is 28.9 Å². The van der Waals surface area contributed by atoms with E-state index in [9.17, 15) is 14.7 Å². The molecule has 1 amide bonds. The van der Waals surface area contributed by atoms with Gasteiger partial charge in [-0.1, -0.05) is 97.9 Å². The fraction of sp³-hybridized carbons (Fsp3) is 0.381. The number of aliphatic hydroxyl groups is 1. The van der Waals surface area contributed by atoms with Crippen LogP contribution in [0.3, 0.4) is 0 Å². The number of nitrogens with one attached hydrogen (secondary N) is 1. The van der Waals surface area contributed by atoms with E-state index in [1.54, 1.807) is 12.1 Å². The zero-order chi connectivity index (χ0) is 35.3. The summed E-state index contributed by atoms with van der Waals surface area (Å²) in [5, 5.41) is 12.7. The Kier molecular flexibility index (Phi) is 11.1. The molecule has 2 aliphatic heterocycles. The molecule has 2 saturated heterocycles. The topological polar surface area (TPSA) is 97.3 Å². The van der Waals surface area contributed by atoms with Crippen LogP contribution in [0.5, 0.6) is 0 Å². The van der Waals surface area contributed by atoms with Crippen molar-refractivity contribution in [3.63, 3.8) is 0 Å². The Morgan fingerprint density at radius 1 is 0.880 bits per heavy atom. The van der Waals surface area contributed by atoms with Crippen molar-refractivity contribution in [2.45, 2.75) is 83.8 Å². The Morgan fingerprint density at radius 3 is 2.26 bits per heavy atom. The summed E-state index contributed by atoms with van der Waals surface area (Å²) in [5.41, 5.74) is 5.90. The molecule has 8 nitrogen and oxygen atoms in total. The molecule has 262 valence electrons. The molecule has 0 saturated carbocycles. The number of carbonyl (C=O) groups is 2. The van der Waals surface area contributed by atoms with Crippen molar-refractivity contribution in [3.8, 4) is 11.1 Å². The molecule has 0 radical (unpaired) electrons. The number of rotatable bonds is 10. The van der Waals surface area contributed by atoms with Gasteiger partial charge in [0.1, 0.15) is 11.6 Å². The van der Waals surface area contributed by atoms with Crippen molar-refractivity contribution in [1.29, 1.82) is 0 Å². The lowest BCUT2D eigenvalue weighted by molar-refractivity contribution is -0.276. The summed E-state index contributed by atoms with van der Waals surface area (Å²) in [6.07, 6.45) is 0.586. The normalized spacial score (nSPS) is 22.6. The van der Waals surface area contributed by atoms with Crippen molar-refractivity contribution in [2.75, 3.05) is 13.1 Å². The Bertz CT molecular complexity index is 1740. The molecule has 5 atom stereocenters. The van der Waals surface area contributed by atoms with E-state index < -0.39 is 11.9 Å². The third-order valence-electron chi connectivity index (χ3n) is 9.57. The molecule has 2 heterocycles. The predicted octanol–water partition coefficient (Wildman–Crippen LogP) is 7.37. The standard InChI is InChI=1S/C42H48N2O6/c1-28-37(26-44-24-10-15-36(44)40(47)50-42(2,3)4)48-41(49-38(28)31-18-16-29(27-45)17-19-31)33-22-20-30(21-23-33)35-14-9-8-13-34(35)25-43-39(46)32-11-6-5-7-12-32/h5-9,11-14,16-23,28,36-38,41,45H,10,15,24-27H2,1-4H3,(H,43,46)/t28-,36+,37+,38+,41+/m1/s1. The average Bonchev–Trinajstić information content (AvgIpc) is 3.60. The fourth-order valence-corrected chi connectivity index (χ4v) is 6.88.